The zero-order valence-corrected chi connectivity index (χ0v) is 15.9. The second-order valence-electron chi connectivity index (χ2n) is 6.88. The number of para-hydroxylation sites is 1. The fraction of sp³-hybridized carbons (Fsp3) is 0.350. The van der Waals surface area contributed by atoms with Gasteiger partial charge in [-0.05, 0) is 55.5 Å². The van der Waals surface area contributed by atoms with Crippen molar-refractivity contribution >= 4 is 21.6 Å². The van der Waals surface area contributed by atoms with Crippen LogP contribution in [0.2, 0.25) is 0 Å². The monoisotopic (exact) mass is 372 g/mol. The summed E-state index contributed by atoms with van der Waals surface area (Å²) >= 11 is 0. The third kappa shape index (κ3) is 3.97. The van der Waals surface area contributed by atoms with Crippen LogP contribution in [-0.2, 0) is 10.0 Å². The molecule has 1 heterocycles. The molecule has 0 bridgehead atoms. The van der Waals surface area contributed by atoms with Gasteiger partial charge in [0.05, 0.1) is 4.90 Å². The lowest BCUT2D eigenvalue weighted by atomic mass is 10.0. The van der Waals surface area contributed by atoms with E-state index in [2.05, 4.69) is 12.2 Å². The van der Waals surface area contributed by atoms with Crippen molar-refractivity contribution in [1.82, 2.24) is 4.31 Å². The molecule has 1 saturated heterocycles. The molecule has 2 aromatic carbocycles. The Hall–Kier alpha value is -2.18. The van der Waals surface area contributed by atoms with Gasteiger partial charge in [0.1, 0.15) is 0 Å². The predicted molar refractivity (Wildman–Crippen MR) is 103 cm³/mol. The first-order chi connectivity index (χ1) is 12.4. The average molecular weight is 372 g/mol. The minimum absolute atomic E-state index is 0.171. The van der Waals surface area contributed by atoms with Crippen LogP contribution in [0.4, 0.5) is 5.69 Å². The van der Waals surface area contributed by atoms with Crippen LogP contribution in [0.3, 0.4) is 0 Å². The number of hydrogen-bond donors (Lipinski definition) is 1. The molecule has 6 heteroatoms. The Labute approximate surface area is 155 Å². The summed E-state index contributed by atoms with van der Waals surface area (Å²) in [6.45, 7) is 5.11. The topological polar surface area (TPSA) is 66.5 Å². The fourth-order valence-electron chi connectivity index (χ4n) is 3.08. The molecule has 0 atom stereocenters. The smallest absolute Gasteiger partial charge is 0.255 e. The van der Waals surface area contributed by atoms with Crippen molar-refractivity contribution in [2.45, 2.75) is 31.6 Å². The molecule has 138 valence electrons. The lowest BCUT2D eigenvalue weighted by Gasteiger charge is -2.29. The van der Waals surface area contributed by atoms with Crippen molar-refractivity contribution in [2.75, 3.05) is 18.4 Å². The van der Waals surface area contributed by atoms with Gasteiger partial charge in [-0.15, -0.1) is 0 Å². The number of sulfonamides is 1. The number of amides is 1. The predicted octanol–water partition coefficient (Wildman–Crippen LogP) is 3.67. The second kappa shape index (κ2) is 7.60. The molecule has 5 nitrogen and oxygen atoms in total. The van der Waals surface area contributed by atoms with Gasteiger partial charge < -0.3 is 5.32 Å². The fourth-order valence-corrected chi connectivity index (χ4v) is 4.60. The van der Waals surface area contributed by atoms with Gasteiger partial charge in [0, 0.05) is 24.3 Å². The zero-order chi connectivity index (χ0) is 18.7. The molecule has 3 rings (SSSR count). The van der Waals surface area contributed by atoms with Gasteiger partial charge in [0.25, 0.3) is 5.91 Å². The molecule has 1 amide bonds. The van der Waals surface area contributed by atoms with Crippen molar-refractivity contribution in [3.63, 3.8) is 0 Å². The minimum Gasteiger partial charge on any atom is -0.322 e. The molecule has 1 N–H and O–H groups in total. The molecule has 0 aliphatic carbocycles. The number of nitrogens with zero attached hydrogens (tertiary/aromatic N) is 1. The van der Waals surface area contributed by atoms with Crippen molar-refractivity contribution < 1.29 is 13.2 Å². The summed E-state index contributed by atoms with van der Waals surface area (Å²) in [7, 11) is -3.57. The number of rotatable bonds is 4. The summed E-state index contributed by atoms with van der Waals surface area (Å²) in [5.74, 6) is 0.233. The molecule has 26 heavy (non-hydrogen) atoms. The summed E-state index contributed by atoms with van der Waals surface area (Å²) in [6.07, 6.45) is 1.74. The Bertz CT molecular complexity index is 901. The third-order valence-electron chi connectivity index (χ3n) is 4.87. The maximum absolute atomic E-state index is 12.9. The molecule has 1 aliphatic rings. The summed E-state index contributed by atoms with van der Waals surface area (Å²) in [4.78, 5) is 12.7. The molecule has 1 fully saturated rings. The van der Waals surface area contributed by atoms with Crippen molar-refractivity contribution in [3.05, 3.63) is 59.7 Å². The van der Waals surface area contributed by atoms with Gasteiger partial charge in [-0.25, -0.2) is 8.42 Å². The first-order valence-corrected chi connectivity index (χ1v) is 10.3. The van der Waals surface area contributed by atoms with Crippen LogP contribution in [0.15, 0.2) is 53.4 Å². The van der Waals surface area contributed by atoms with Crippen LogP contribution in [0.25, 0.3) is 0 Å². The maximum Gasteiger partial charge on any atom is 0.255 e. The highest BCUT2D eigenvalue weighted by Crippen LogP contribution is 2.24. The highest BCUT2D eigenvalue weighted by atomic mass is 32.2. The maximum atomic E-state index is 12.9. The van der Waals surface area contributed by atoms with Gasteiger partial charge >= 0.3 is 0 Å². The van der Waals surface area contributed by atoms with Crippen LogP contribution >= 0.6 is 0 Å². The molecule has 0 unspecified atom stereocenters. The van der Waals surface area contributed by atoms with Crippen LogP contribution in [0, 0.1) is 12.8 Å². The molecule has 0 aromatic heterocycles. The van der Waals surface area contributed by atoms with Crippen LogP contribution in [-0.4, -0.2) is 31.7 Å². The molecule has 0 radical (unpaired) electrons. The molecule has 2 aromatic rings. The third-order valence-corrected chi connectivity index (χ3v) is 6.76. The van der Waals surface area contributed by atoms with E-state index in [4.69, 9.17) is 0 Å². The van der Waals surface area contributed by atoms with Crippen molar-refractivity contribution in [1.29, 1.82) is 0 Å². The van der Waals surface area contributed by atoms with E-state index in [1.165, 1.54) is 10.4 Å². The first kappa shape index (κ1) is 18.6. The van der Waals surface area contributed by atoms with E-state index in [0.29, 0.717) is 24.6 Å². The van der Waals surface area contributed by atoms with Gasteiger partial charge in [0.15, 0.2) is 0 Å². The van der Waals surface area contributed by atoms with Crippen LogP contribution < -0.4 is 5.32 Å². The van der Waals surface area contributed by atoms with Crippen LogP contribution in [0.1, 0.15) is 35.7 Å². The Kier molecular flexibility index (Phi) is 5.44. The van der Waals surface area contributed by atoms with E-state index in [9.17, 15) is 13.2 Å². The lowest BCUT2D eigenvalue weighted by Crippen LogP contribution is -2.37. The Balaban J connectivity index is 1.81. The van der Waals surface area contributed by atoms with Crippen molar-refractivity contribution in [2.24, 2.45) is 5.92 Å². The van der Waals surface area contributed by atoms with Gasteiger partial charge in [-0.2, -0.15) is 4.31 Å². The number of nitrogens with one attached hydrogen (secondary N) is 1. The zero-order valence-electron chi connectivity index (χ0n) is 15.1. The number of carbonyl (C=O) groups is 1. The largest absolute Gasteiger partial charge is 0.322 e. The SMILES string of the molecule is Cc1ccccc1NC(=O)c1cccc(S(=O)(=O)N2CCC(C)CC2)c1. The highest BCUT2D eigenvalue weighted by Gasteiger charge is 2.28. The molecule has 1 aliphatic heterocycles. The van der Waals surface area contributed by atoms with Crippen molar-refractivity contribution in [3.8, 4) is 0 Å². The minimum atomic E-state index is -3.57. The molecule has 0 spiro atoms. The standard InChI is InChI=1S/C20H24N2O3S/c1-15-10-12-22(13-11-15)26(24,25)18-8-5-7-17(14-18)20(23)21-19-9-4-3-6-16(19)2/h3-9,14-15H,10-13H2,1-2H3,(H,21,23). The number of hydrogen-bond acceptors (Lipinski definition) is 3. The van der Waals surface area contributed by atoms with Gasteiger partial charge in [-0.1, -0.05) is 31.2 Å². The van der Waals surface area contributed by atoms with E-state index < -0.39 is 10.0 Å². The molecular formula is C20H24N2O3S. The highest BCUT2D eigenvalue weighted by molar-refractivity contribution is 7.89. The first-order valence-electron chi connectivity index (χ1n) is 8.85. The van der Waals surface area contributed by atoms with Gasteiger partial charge in [-0.3, -0.25) is 4.79 Å². The summed E-state index contributed by atoms with van der Waals surface area (Å²) in [5.41, 5.74) is 2.00. The number of anilines is 1. The average Bonchev–Trinajstić information content (AvgIpc) is 2.64. The Morgan fingerprint density at radius 3 is 2.46 bits per heavy atom. The van der Waals surface area contributed by atoms with E-state index in [0.717, 1.165) is 24.1 Å². The summed E-state index contributed by atoms with van der Waals surface area (Å²) in [5, 5.41) is 2.84. The second-order valence-corrected chi connectivity index (χ2v) is 8.82. The van der Waals surface area contributed by atoms with Gasteiger partial charge in [0.2, 0.25) is 10.0 Å². The normalized spacial score (nSPS) is 16.4. The number of piperidine rings is 1. The molecular weight excluding hydrogens is 348 g/mol. The van der Waals surface area contributed by atoms with Crippen LogP contribution in [0.5, 0.6) is 0 Å². The quantitative estimate of drug-likeness (QED) is 0.890. The Morgan fingerprint density at radius 1 is 1.08 bits per heavy atom. The summed E-state index contributed by atoms with van der Waals surface area (Å²) in [6, 6.07) is 13.7. The summed E-state index contributed by atoms with van der Waals surface area (Å²) < 4.78 is 27.3. The molecule has 0 saturated carbocycles. The van der Waals surface area contributed by atoms with E-state index >= 15 is 0 Å². The Morgan fingerprint density at radius 2 is 1.77 bits per heavy atom. The van der Waals surface area contributed by atoms with E-state index in [1.807, 2.05) is 31.2 Å². The lowest BCUT2D eigenvalue weighted by molar-refractivity contribution is 0.102. The number of aryl methyl sites for hydroxylation is 1. The number of benzene rings is 2. The van der Waals surface area contributed by atoms with E-state index in [-0.39, 0.29) is 10.8 Å². The number of carbonyl (C=O) groups excluding carboxylic acids is 1. The van der Waals surface area contributed by atoms with E-state index in [1.54, 1.807) is 18.2 Å².